The van der Waals surface area contributed by atoms with Crippen molar-refractivity contribution in [3.63, 3.8) is 0 Å². The molecule has 7 nitrogen and oxygen atoms in total. The van der Waals surface area contributed by atoms with Gasteiger partial charge in [0.05, 0.1) is 13.1 Å². The van der Waals surface area contributed by atoms with Crippen LogP contribution in [0.1, 0.15) is 31.1 Å². The van der Waals surface area contributed by atoms with Crippen LogP contribution in [0.2, 0.25) is 0 Å². The molecule has 0 heterocycles. The summed E-state index contributed by atoms with van der Waals surface area (Å²) >= 11 is 0. The molecule has 0 saturated carbocycles. The minimum absolute atomic E-state index is 0.189. The molecule has 7 heteroatoms. The summed E-state index contributed by atoms with van der Waals surface area (Å²) in [5.41, 5.74) is -0.315. The second-order valence-corrected chi connectivity index (χ2v) is 5.75. The van der Waals surface area contributed by atoms with Gasteiger partial charge in [-0.15, -0.1) is 0 Å². The van der Waals surface area contributed by atoms with E-state index in [1.807, 2.05) is 0 Å². The zero-order valence-corrected chi connectivity index (χ0v) is 13.3. The Morgan fingerprint density at radius 1 is 0.957 bits per heavy atom. The number of Topliss-reactive ketones (excluding diaryl/α,β-unsaturated/α-hetero) is 1. The lowest BCUT2D eigenvalue weighted by Gasteiger charge is -2.18. The number of esters is 1. The van der Waals surface area contributed by atoms with E-state index < -0.39 is 29.9 Å². The second kappa shape index (κ2) is 8.07. The largest absolute Gasteiger partial charge is 0.453 e. The first-order valence-electron chi connectivity index (χ1n) is 7.05. The number of carbonyl (C=O) groups excluding carboxylic acids is 4. The van der Waals surface area contributed by atoms with Crippen LogP contribution in [0.25, 0.3) is 0 Å². The van der Waals surface area contributed by atoms with Gasteiger partial charge in [0.1, 0.15) is 5.60 Å². The molecule has 124 valence electrons. The fourth-order valence-corrected chi connectivity index (χ4v) is 1.52. The lowest BCUT2D eigenvalue weighted by atomic mass is 10.1. The lowest BCUT2D eigenvalue weighted by molar-refractivity contribution is -0.163. The molecule has 0 aliphatic heterocycles. The zero-order chi connectivity index (χ0) is 17.5. The van der Waals surface area contributed by atoms with Gasteiger partial charge in [0.25, 0.3) is 0 Å². The summed E-state index contributed by atoms with van der Waals surface area (Å²) in [6.07, 6.45) is 0. The van der Waals surface area contributed by atoms with Crippen molar-refractivity contribution in [1.82, 2.24) is 10.6 Å². The van der Waals surface area contributed by atoms with Crippen molar-refractivity contribution in [1.29, 1.82) is 0 Å². The van der Waals surface area contributed by atoms with E-state index in [9.17, 15) is 19.2 Å². The molecule has 2 amide bonds. The van der Waals surface area contributed by atoms with Crippen LogP contribution >= 0.6 is 0 Å². The van der Waals surface area contributed by atoms with Gasteiger partial charge in [-0.05, 0) is 20.8 Å². The topological polar surface area (TPSA) is 102 Å². The number of amides is 2. The van der Waals surface area contributed by atoms with Crippen molar-refractivity contribution in [3.05, 3.63) is 35.9 Å². The molecular formula is C16H20N2O5. The molecule has 0 aliphatic rings. The van der Waals surface area contributed by atoms with Gasteiger partial charge in [-0.25, -0.2) is 4.79 Å². The van der Waals surface area contributed by atoms with E-state index >= 15 is 0 Å². The molecule has 0 spiro atoms. The van der Waals surface area contributed by atoms with E-state index in [-0.39, 0.29) is 12.3 Å². The van der Waals surface area contributed by atoms with Crippen LogP contribution in [0.4, 0.5) is 0 Å². The summed E-state index contributed by atoms with van der Waals surface area (Å²) in [6.45, 7) is 4.27. The van der Waals surface area contributed by atoms with Gasteiger partial charge in [-0.1, -0.05) is 30.3 Å². The average Bonchev–Trinajstić information content (AvgIpc) is 2.49. The molecule has 0 radical (unpaired) electrons. The van der Waals surface area contributed by atoms with Crippen molar-refractivity contribution in [2.75, 3.05) is 13.1 Å². The Kier molecular flexibility index (Phi) is 6.44. The van der Waals surface area contributed by atoms with E-state index in [4.69, 9.17) is 4.74 Å². The molecule has 0 atom stereocenters. The number of hydrogen-bond donors (Lipinski definition) is 2. The predicted octanol–water partition coefficient (Wildman–Crippen LogP) is 0.443. The highest BCUT2D eigenvalue weighted by molar-refractivity contribution is 6.32. The normalized spacial score (nSPS) is 10.6. The molecule has 1 aromatic rings. The Bertz CT molecular complexity index is 590. The third kappa shape index (κ3) is 7.21. The number of ketones is 1. The summed E-state index contributed by atoms with van der Waals surface area (Å²) in [7, 11) is 0. The Morgan fingerprint density at radius 2 is 1.57 bits per heavy atom. The summed E-state index contributed by atoms with van der Waals surface area (Å²) in [5.74, 6) is -2.90. The van der Waals surface area contributed by atoms with E-state index in [0.29, 0.717) is 5.56 Å². The zero-order valence-electron chi connectivity index (χ0n) is 13.3. The summed E-state index contributed by atoms with van der Waals surface area (Å²) in [4.78, 5) is 46.2. The maximum Gasteiger partial charge on any atom is 0.397 e. The molecule has 0 unspecified atom stereocenters. The first-order valence-corrected chi connectivity index (χ1v) is 7.05. The number of benzene rings is 1. The van der Waals surface area contributed by atoms with Gasteiger partial charge < -0.3 is 15.4 Å². The first-order chi connectivity index (χ1) is 10.7. The van der Waals surface area contributed by atoms with E-state index in [0.717, 1.165) is 0 Å². The number of ether oxygens (including phenoxy) is 1. The monoisotopic (exact) mass is 320 g/mol. The van der Waals surface area contributed by atoms with E-state index in [1.165, 1.54) is 0 Å². The van der Waals surface area contributed by atoms with Gasteiger partial charge in [-0.3, -0.25) is 14.4 Å². The van der Waals surface area contributed by atoms with Gasteiger partial charge >= 0.3 is 11.9 Å². The standard InChI is InChI=1S/C16H20N2O5/c1-16(2,3)23-15(22)14(21)18-10-13(20)17-9-12(19)11-7-5-4-6-8-11/h4-8H,9-10H2,1-3H3,(H,17,20)(H,18,21). The Morgan fingerprint density at radius 3 is 2.13 bits per heavy atom. The highest BCUT2D eigenvalue weighted by Crippen LogP contribution is 2.06. The van der Waals surface area contributed by atoms with Crippen molar-refractivity contribution < 1.29 is 23.9 Å². The molecule has 0 saturated heterocycles. The van der Waals surface area contributed by atoms with Gasteiger partial charge in [0.15, 0.2) is 5.78 Å². The van der Waals surface area contributed by atoms with Crippen LogP contribution in [0.3, 0.4) is 0 Å². The lowest BCUT2D eigenvalue weighted by Crippen LogP contribution is -2.43. The molecule has 0 aliphatic carbocycles. The number of nitrogens with one attached hydrogen (secondary N) is 2. The van der Waals surface area contributed by atoms with Gasteiger partial charge in [0, 0.05) is 5.56 Å². The Hall–Kier alpha value is -2.70. The quantitative estimate of drug-likeness (QED) is 0.466. The minimum Gasteiger partial charge on any atom is -0.453 e. The van der Waals surface area contributed by atoms with E-state index in [1.54, 1.807) is 51.1 Å². The van der Waals surface area contributed by atoms with Crippen LogP contribution in [-0.2, 0) is 19.1 Å². The van der Waals surface area contributed by atoms with Crippen molar-refractivity contribution in [3.8, 4) is 0 Å². The van der Waals surface area contributed by atoms with Crippen molar-refractivity contribution in [2.45, 2.75) is 26.4 Å². The van der Waals surface area contributed by atoms with Crippen LogP contribution in [0, 0.1) is 0 Å². The summed E-state index contributed by atoms with van der Waals surface area (Å²) < 4.78 is 4.85. The van der Waals surface area contributed by atoms with E-state index in [2.05, 4.69) is 10.6 Å². The maximum absolute atomic E-state index is 11.8. The van der Waals surface area contributed by atoms with Crippen molar-refractivity contribution in [2.24, 2.45) is 0 Å². The SMILES string of the molecule is CC(C)(C)OC(=O)C(=O)NCC(=O)NCC(=O)c1ccccc1. The molecule has 23 heavy (non-hydrogen) atoms. The van der Waals surface area contributed by atoms with Crippen LogP contribution in [0.15, 0.2) is 30.3 Å². The second-order valence-electron chi connectivity index (χ2n) is 5.75. The highest BCUT2D eigenvalue weighted by atomic mass is 16.6. The molecule has 0 aromatic heterocycles. The third-order valence-electron chi connectivity index (χ3n) is 2.54. The molecular weight excluding hydrogens is 300 g/mol. The van der Waals surface area contributed by atoms with Crippen LogP contribution in [0.5, 0.6) is 0 Å². The highest BCUT2D eigenvalue weighted by Gasteiger charge is 2.23. The third-order valence-corrected chi connectivity index (χ3v) is 2.54. The van der Waals surface area contributed by atoms with Crippen LogP contribution < -0.4 is 10.6 Å². The fourth-order valence-electron chi connectivity index (χ4n) is 1.52. The van der Waals surface area contributed by atoms with Crippen molar-refractivity contribution >= 4 is 23.6 Å². The molecule has 0 bridgehead atoms. The number of rotatable bonds is 5. The average molecular weight is 320 g/mol. The minimum atomic E-state index is -1.06. The smallest absolute Gasteiger partial charge is 0.397 e. The molecule has 2 N–H and O–H groups in total. The fraction of sp³-hybridized carbons (Fsp3) is 0.375. The molecule has 1 rings (SSSR count). The Balaban J connectivity index is 2.33. The molecule has 1 aromatic carbocycles. The number of hydrogen-bond acceptors (Lipinski definition) is 5. The van der Waals surface area contributed by atoms with Gasteiger partial charge in [-0.2, -0.15) is 0 Å². The first kappa shape index (κ1) is 18.3. The molecule has 0 fully saturated rings. The van der Waals surface area contributed by atoms with Gasteiger partial charge in [0.2, 0.25) is 5.91 Å². The summed E-state index contributed by atoms with van der Waals surface area (Å²) in [6, 6.07) is 8.49. The summed E-state index contributed by atoms with van der Waals surface area (Å²) in [5, 5.41) is 4.50. The maximum atomic E-state index is 11.8. The number of carbonyl (C=O) groups is 4. The Labute approximate surface area is 134 Å². The van der Waals surface area contributed by atoms with Crippen LogP contribution in [-0.4, -0.2) is 42.3 Å². The predicted molar refractivity (Wildman–Crippen MR) is 82.6 cm³/mol.